The second kappa shape index (κ2) is 7.77. The normalized spacial score (nSPS) is 27.8. The molecule has 0 radical (unpaired) electrons. The molecule has 4 atom stereocenters. The molecule has 168 valence electrons. The molecule has 0 unspecified atom stereocenters. The van der Waals surface area contributed by atoms with E-state index in [1.165, 1.54) is 0 Å². The van der Waals surface area contributed by atoms with E-state index in [1.807, 2.05) is 0 Å². The number of rotatable bonds is 4. The molecule has 4 heterocycles. The summed E-state index contributed by atoms with van der Waals surface area (Å²) in [6.07, 6.45) is 1.54. The first-order valence-corrected chi connectivity index (χ1v) is 10.7. The van der Waals surface area contributed by atoms with Gasteiger partial charge < -0.3 is 19.7 Å². The van der Waals surface area contributed by atoms with Crippen LogP contribution in [0.4, 0.5) is 18.9 Å². The quantitative estimate of drug-likeness (QED) is 0.732. The van der Waals surface area contributed by atoms with Gasteiger partial charge in [0.2, 0.25) is 5.91 Å². The van der Waals surface area contributed by atoms with Gasteiger partial charge in [-0.05, 0) is 45.6 Å². The summed E-state index contributed by atoms with van der Waals surface area (Å²) in [6, 6.07) is 0.600. The molecule has 1 aromatic heterocycles. The summed E-state index contributed by atoms with van der Waals surface area (Å²) in [4.78, 5) is 29.0. The number of amides is 1. The van der Waals surface area contributed by atoms with Crippen molar-refractivity contribution >= 4 is 11.6 Å². The lowest BCUT2D eigenvalue weighted by Crippen LogP contribution is -2.46. The van der Waals surface area contributed by atoms with Gasteiger partial charge in [0.05, 0.1) is 23.6 Å². The SMILES string of the molecule is CC(C)n1cc(C(F)(F)F)cc(N2CC[C@H](C(=O)N[C@@H]3C[C@@H]4CC[C@H]3N4C#N)C2)c1=O. The zero-order valence-electron chi connectivity index (χ0n) is 17.5. The number of hydrogen-bond donors (Lipinski definition) is 1. The van der Waals surface area contributed by atoms with E-state index >= 15 is 0 Å². The maximum atomic E-state index is 13.4. The summed E-state index contributed by atoms with van der Waals surface area (Å²) in [5, 5.41) is 12.3. The molecule has 1 aromatic rings. The van der Waals surface area contributed by atoms with Gasteiger partial charge in [-0.2, -0.15) is 18.4 Å². The smallest absolute Gasteiger partial charge is 0.366 e. The molecule has 0 aromatic carbocycles. The Morgan fingerprint density at radius 3 is 2.65 bits per heavy atom. The van der Waals surface area contributed by atoms with E-state index in [1.54, 1.807) is 23.6 Å². The number of nitrogens with zero attached hydrogens (tertiary/aromatic N) is 4. The number of hydrogen-bond acceptors (Lipinski definition) is 5. The molecule has 10 heteroatoms. The average Bonchev–Trinajstić information content (AvgIpc) is 3.41. The van der Waals surface area contributed by atoms with E-state index in [0.717, 1.165) is 36.1 Å². The monoisotopic (exact) mass is 437 g/mol. The van der Waals surface area contributed by atoms with Crippen LogP contribution in [0.2, 0.25) is 0 Å². The second-order valence-electron chi connectivity index (χ2n) is 9.01. The Balaban J connectivity index is 1.49. The van der Waals surface area contributed by atoms with Gasteiger partial charge in [0, 0.05) is 31.4 Å². The van der Waals surface area contributed by atoms with E-state index in [2.05, 4.69) is 11.5 Å². The van der Waals surface area contributed by atoms with E-state index in [4.69, 9.17) is 0 Å². The van der Waals surface area contributed by atoms with Crippen LogP contribution >= 0.6 is 0 Å². The molecular formula is C21H26F3N5O2. The number of nitriles is 1. The molecule has 31 heavy (non-hydrogen) atoms. The summed E-state index contributed by atoms with van der Waals surface area (Å²) in [5.41, 5.74) is -1.38. The lowest BCUT2D eigenvalue weighted by molar-refractivity contribution is -0.138. The minimum absolute atomic E-state index is 0.0191. The Kier molecular flexibility index (Phi) is 5.40. The molecule has 0 aliphatic carbocycles. The predicted molar refractivity (Wildman–Crippen MR) is 107 cm³/mol. The Morgan fingerprint density at radius 2 is 2.03 bits per heavy atom. The number of halogens is 3. The van der Waals surface area contributed by atoms with Crippen molar-refractivity contribution in [2.75, 3.05) is 18.0 Å². The van der Waals surface area contributed by atoms with Gasteiger partial charge in [-0.1, -0.05) is 0 Å². The molecule has 4 rings (SSSR count). The van der Waals surface area contributed by atoms with Crippen LogP contribution in [0.5, 0.6) is 0 Å². The topological polar surface area (TPSA) is 81.4 Å². The third kappa shape index (κ3) is 3.86. The highest BCUT2D eigenvalue weighted by Gasteiger charge is 2.47. The minimum atomic E-state index is -4.57. The van der Waals surface area contributed by atoms with Gasteiger partial charge in [0.25, 0.3) is 5.56 Å². The molecule has 2 bridgehead atoms. The lowest BCUT2D eigenvalue weighted by Gasteiger charge is -2.24. The minimum Gasteiger partial charge on any atom is -0.366 e. The van der Waals surface area contributed by atoms with Crippen LogP contribution in [0, 0.1) is 17.4 Å². The Labute approximate surface area is 178 Å². The highest BCUT2D eigenvalue weighted by atomic mass is 19.4. The van der Waals surface area contributed by atoms with Crippen molar-refractivity contribution in [1.29, 1.82) is 5.26 Å². The average molecular weight is 437 g/mol. The Hall–Kier alpha value is -2.70. The van der Waals surface area contributed by atoms with Gasteiger partial charge >= 0.3 is 6.18 Å². The van der Waals surface area contributed by atoms with Crippen LogP contribution in [-0.4, -0.2) is 46.6 Å². The summed E-state index contributed by atoms with van der Waals surface area (Å²) >= 11 is 0. The number of alkyl halides is 3. The summed E-state index contributed by atoms with van der Waals surface area (Å²) < 4.78 is 41.2. The summed E-state index contributed by atoms with van der Waals surface area (Å²) in [7, 11) is 0. The highest BCUT2D eigenvalue weighted by Crippen LogP contribution is 2.37. The van der Waals surface area contributed by atoms with Crippen molar-refractivity contribution in [1.82, 2.24) is 14.8 Å². The van der Waals surface area contributed by atoms with Gasteiger partial charge in [-0.15, -0.1) is 0 Å². The number of nitrogens with one attached hydrogen (secondary N) is 1. The standard InChI is InChI=1S/C21H26F3N5O2/c1-12(2)28-10-14(21(22,23)24)7-18(20(28)31)27-6-5-13(9-27)19(30)26-16-8-15-3-4-17(16)29(15)11-25/h7,10,12-13,15-17H,3-6,8-9H2,1-2H3,(H,26,30)/t13-,15-,16+,17+/m0/s1. The maximum Gasteiger partial charge on any atom is 0.417 e. The maximum absolute atomic E-state index is 13.4. The predicted octanol–water partition coefficient (Wildman–Crippen LogP) is 2.48. The Bertz CT molecular complexity index is 967. The molecule has 3 aliphatic heterocycles. The molecule has 3 saturated heterocycles. The fourth-order valence-electron chi connectivity index (χ4n) is 5.15. The van der Waals surface area contributed by atoms with Crippen LogP contribution < -0.4 is 15.8 Å². The number of fused-ring (bicyclic) bond motifs is 2. The number of carbonyl (C=O) groups is 1. The van der Waals surface area contributed by atoms with Crippen LogP contribution in [0.25, 0.3) is 0 Å². The molecule has 1 amide bonds. The number of anilines is 1. The number of carbonyl (C=O) groups excluding carboxylic acids is 1. The zero-order valence-corrected chi connectivity index (χ0v) is 17.5. The largest absolute Gasteiger partial charge is 0.417 e. The first-order valence-electron chi connectivity index (χ1n) is 10.7. The number of aromatic nitrogens is 1. The van der Waals surface area contributed by atoms with Gasteiger partial charge in [-0.3, -0.25) is 9.59 Å². The van der Waals surface area contributed by atoms with Crippen molar-refractivity contribution in [3.8, 4) is 6.19 Å². The van der Waals surface area contributed by atoms with Crippen molar-refractivity contribution in [3.63, 3.8) is 0 Å². The zero-order chi connectivity index (χ0) is 22.5. The Morgan fingerprint density at radius 1 is 1.29 bits per heavy atom. The summed E-state index contributed by atoms with van der Waals surface area (Å²) in [5.74, 6) is -0.565. The van der Waals surface area contributed by atoms with Crippen LogP contribution in [0.15, 0.2) is 17.1 Å². The first kappa shape index (κ1) is 21.5. The fraction of sp³-hybridized carbons (Fsp3) is 0.667. The molecule has 7 nitrogen and oxygen atoms in total. The number of pyridine rings is 1. The summed E-state index contributed by atoms with van der Waals surface area (Å²) in [6.45, 7) is 3.86. The van der Waals surface area contributed by atoms with Gasteiger partial charge in [-0.25, -0.2) is 0 Å². The molecule has 1 N–H and O–H groups in total. The molecular weight excluding hydrogens is 411 g/mol. The van der Waals surface area contributed by atoms with Gasteiger partial charge in [0.15, 0.2) is 6.19 Å². The first-order chi connectivity index (χ1) is 14.6. The van der Waals surface area contributed by atoms with Crippen molar-refractivity contribution in [2.45, 2.75) is 69.9 Å². The molecule has 0 spiro atoms. The second-order valence-corrected chi connectivity index (χ2v) is 9.01. The molecule has 3 aliphatic rings. The van der Waals surface area contributed by atoms with Gasteiger partial charge in [0.1, 0.15) is 5.69 Å². The van der Waals surface area contributed by atoms with E-state index < -0.39 is 29.3 Å². The van der Waals surface area contributed by atoms with E-state index in [-0.39, 0.29) is 36.3 Å². The third-order valence-electron chi connectivity index (χ3n) is 6.79. The van der Waals surface area contributed by atoms with Crippen molar-refractivity contribution in [3.05, 3.63) is 28.2 Å². The fourth-order valence-corrected chi connectivity index (χ4v) is 5.15. The highest BCUT2D eigenvalue weighted by molar-refractivity contribution is 5.80. The van der Waals surface area contributed by atoms with Crippen molar-refractivity contribution in [2.24, 2.45) is 5.92 Å². The van der Waals surface area contributed by atoms with Crippen LogP contribution in [0.3, 0.4) is 0 Å². The lowest BCUT2D eigenvalue weighted by atomic mass is 9.95. The van der Waals surface area contributed by atoms with E-state index in [0.29, 0.717) is 13.0 Å². The van der Waals surface area contributed by atoms with Crippen LogP contribution in [0.1, 0.15) is 51.1 Å². The molecule has 0 saturated carbocycles. The molecule has 3 fully saturated rings. The van der Waals surface area contributed by atoms with Crippen LogP contribution in [-0.2, 0) is 11.0 Å². The third-order valence-corrected chi connectivity index (χ3v) is 6.79. The van der Waals surface area contributed by atoms with Crippen molar-refractivity contribution < 1.29 is 18.0 Å². The van der Waals surface area contributed by atoms with E-state index in [9.17, 15) is 28.0 Å².